The van der Waals surface area contributed by atoms with Gasteiger partial charge in [0, 0.05) is 25.2 Å². The van der Waals surface area contributed by atoms with E-state index < -0.39 is 0 Å². The lowest BCUT2D eigenvalue weighted by atomic mass is 10.4. The second kappa shape index (κ2) is 5.10. The quantitative estimate of drug-likeness (QED) is 0.414. The van der Waals surface area contributed by atoms with Crippen LogP contribution in [0.3, 0.4) is 0 Å². The highest BCUT2D eigenvalue weighted by Crippen LogP contribution is 2.24. The van der Waals surface area contributed by atoms with Crippen LogP contribution >= 0.6 is 11.8 Å². The van der Waals surface area contributed by atoms with Crippen LogP contribution < -0.4 is 11.3 Å². The zero-order valence-corrected chi connectivity index (χ0v) is 11.9. The molecule has 0 fully saturated rings. The van der Waals surface area contributed by atoms with Crippen LogP contribution in [-0.4, -0.2) is 29.5 Å². The molecule has 3 N–H and O–H groups in total. The molecule has 8 nitrogen and oxygen atoms in total. The van der Waals surface area contributed by atoms with Crippen molar-refractivity contribution in [2.45, 2.75) is 10.6 Å². The van der Waals surface area contributed by atoms with Crippen molar-refractivity contribution in [2.24, 2.45) is 19.9 Å². The number of hydrogen-bond donors (Lipinski definition) is 2. The Kier molecular flexibility index (Phi) is 3.28. The SMILES string of the molecule is Cn1cc(SCc2nc(NN)c3cnn(C)c3n2)cn1. The Hall–Kier alpha value is -2.13. The molecule has 0 aliphatic rings. The van der Waals surface area contributed by atoms with E-state index in [2.05, 4.69) is 25.6 Å². The summed E-state index contributed by atoms with van der Waals surface area (Å²) in [5.74, 6) is 7.43. The van der Waals surface area contributed by atoms with Crippen LogP contribution in [0.15, 0.2) is 23.5 Å². The maximum Gasteiger partial charge on any atom is 0.163 e. The molecule has 0 aromatic carbocycles. The monoisotopic (exact) mass is 290 g/mol. The van der Waals surface area contributed by atoms with Gasteiger partial charge in [0.05, 0.1) is 23.5 Å². The highest BCUT2D eigenvalue weighted by molar-refractivity contribution is 7.98. The minimum absolute atomic E-state index is 0.588. The van der Waals surface area contributed by atoms with E-state index >= 15 is 0 Å². The van der Waals surface area contributed by atoms with Gasteiger partial charge in [-0.2, -0.15) is 10.2 Å². The van der Waals surface area contributed by atoms with Gasteiger partial charge in [-0.3, -0.25) is 9.36 Å². The van der Waals surface area contributed by atoms with Gasteiger partial charge in [0.2, 0.25) is 0 Å². The Labute approximate surface area is 119 Å². The Bertz CT molecular complexity index is 746. The van der Waals surface area contributed by atoms with Crippen molar-refractivity contribution in [1.82, 2.24) is 29.5 Å². The zero-order valence-electron chi connectivity index (χ0n) is 11.1. The molecule has 0 atom stereocenters. The van der Waals surface area contributed by atoms with Crippen molar-refractivity contribution in [3.63, 3.8) is 0 Å². The van der Waals surface area contributed by atoms with Crippen molar-refractivity contribution in [2.75, 3.05) is 5.43 Å². The van der Waals surface area contributed by atoms with Crippen molar-refractivity contribution >= 4 is 28.6 Å². The van der Waals surface area contributed by atoms with Crippen molar-refractivity contribution in [3.05, 3.63) is 24.4 Å². The maximum absolute atomic E-state index is 5.51. The van der Waals surface area contributed by atoms with E-state index in [1.54, 1.807) is 27.3 Å². The predicted molar refractivity (Wildman–Crippen MR) is 76.9 cm³/mol. The third kappa shape index (κ3) is 2.32. The normalized spacial score (nSPS) is 11.2. The lowest BCUT2D eigenvalue weighted by Crippen LogP contribution is -2.11. The number of fused-ring (bicyclic) bond motifs is 1. The van der Waals surface area contributed by atoms with Crippen LogP contribution in [0.1, 0.15) is 5.82 Å². The molecule has 0 aliphatic carbocycles. The van der Waals surface area contributed by atoms with Gasteiger partial charge >= 0.3 is 0 Å². The Morgan fingerprint density at radius 2 is 2.10 bits per heavy atom. The fourth-order valence-corrected chi connectivity index (χ4v) is 2.64. The molecule has 0 bridgehead atoms. The molecule has 0 radical (unpaired) electrons. The van der Waals surface area contributed by atoms with E-state index in [9.17, 15) is 0 Å². The smallest absolute Gasteiger partial charge is 0.163 e. The molecule has 3 aromatic rings. The number of nitrogens with zero attached hydrogens (tertiary/aromatic N) is 6. The van der Waals surface area contributed by atoms with Gasteiger partial charge in [0.25, 0.3) is 0 Å². The number of nitrogen functional groups attached to an aromatic ring is 1. The van der Waals surface area contributed by atoms with E-state index in [1.165, 1.54) is 0 Å². The van der Waals surface area contributed by atoms with E-state index in [0.717, 1.165) is 15.9 Å². The summed E-state index contributed by atoms with van der Waals surface area (Å²) in [5.41, 5.74) is 3.35. The third-order valence-electron chi connectivity index (χ3n) is 2.82. The van der Waals surface area contributed by atoms with Gasteiger partial charge in [0.1, 0.15) is 5.82 Å². The molecule has 9 heteroatoms. The summed E-state index contributed by atoms with van der Waals surface area (Å²) in [4.78, 5) is 9.99. The second-order valence-electron chi connectivity index (χ2n) is 4.28. The molecule has 3 heterocycles. The zero-order chi connectivity index (χ0) is 14.1. The number of hydrazine groups is 1. The van der Waals surface area contributed by atoms with Gasteiger partial charge in [-0.1, -0.05) is 0 Å². The van der Waals surface area contributed by atoms with Crippen LogP contribution in [0.5, 0.6) is 0 Å². The molecular formula is C11H14N8S. The van der Waals surface area contributed by atoms with Gasteiger partial charge in [-0.25, -0.2) is 15.8 Å². The molecular weight excluding hydrogens is 276 g/mol. The van der Waals surface area contributed by atoms with Gasteiger partial charge in [-0.15, -0.1) is 11.8 Å². The lowest BCUT2D eigenvalue weighted by Gasteiger charge is -2.05. The van der Waals surface area contributed by atoms with Crippen LogP contribution in [0.25, 0.3) is 11.0 Å². The third-order valence-corrected chi connectivity index (χ3v) is 3.77. The summed E-state index contributed by atoms with van der Waals surface area (Å²) in [6.07, 6.45) is 5.47. The minimum atomic E-state index is 0.588. The average molecular weight is 290 g/mol. The van der Waals surface area contributed by atoms with Crippen LogP contribution in [0.4, 0.5) is 5.82 Å². The average Bonchev–Trinajstić information content (AvgIpc) is 3.03. The summed E-state index contributed by atoms with van der Waals surface area (Å²) in [7, 11) is 3.73. The molecule has 0 amide bonds. The van der Waals surface area contributed by atoms with Gasteiger partial charge in [0.15, 0.2) is 11.5 Å². The summed E-state index contributed by atoms with van der Waals surface area (Å²) in [5, 5.41) is 9.10. The molecule has 0 spiro atoms. The maximum atomic E-state index is 5.51. The van der Waals surface area contributed by atoms with Gasteiger partial charge in [-0.05, 0) is 0 Å². The van der Waals surface area contributed by atoms with E-state index in [4.69, 9.17) is 5.84 Å². The molecule has 0 saturated heterocycles. The van der Waals surface area contributed by atoms with E-state index in [1.807, 2.05) is 26.5 Å². The van der Waals surface area contributed by atoms with Crippen molar-refractivity contribution < 1.29 is 0 Å². The molecule has 3 aromatic heterocycles. The molecule has 0 saturated carbocycles. The first-order chi connectivity index (χ1) is 9.67. The lowest BCUT2D eigenvalue weighted by molar-refractivity contribution is 0.766. The number of hydrogen-bond acceptors (Lipinski definition) is 7. The fraction of sp³-hybridized carbons (Fsp3) is 0.273. The first-order valence-corrected chi connectivity index (χ1v) is 6.92. The number of anilines is 1. The predicted octanol–water partition coefficient (Wildman–Crippen LogP) is 0.675. The molecule has 3 rings (SSSR count). The number of aromatic nitrogens is 6. The number of nitrogens with two attached hydrogens (primary N) is 1. The summed E-state index contributed by atoms with van der Waals surface area (Å²) >= 11 is 1.62. The second-order valence-corrected chi connectivity index (χ2v) is 5.33. The Morgan fingerprint density at radius 3 is 2.80 bits per heavy atom. The number of nitrogens with one attached hydrogen (secondary N) is 1. The standard InChI is InChI=1S/C11H14N8S/c1-18-5-7(3-13-18)20-6-9-15-10(17-12)8-4-14-19(2)11(8)16-9/h3-5H,6,12H2,1-2H3,(H,15,16,17). The van der Waals surface area contributed by atoms with Crippen molar-refractivity contribution in [1.29, 1.82) is 0 Å². The number of aryl methyl sites for hydroxylation is 2. The molecule has 0 unspecified atom stereocenters. The van der Waals surface area contributed by atoms with Crippen LogP contribution in [0.2, 0.25) is 0 Å². The number of thioether (sulfide) groups is 1. The minimum Gasteiger partial charge on any atom is -0.308 e. The van der Waals surface area contributed by atoms with Crippen LogP contribution in [-0.2, 0) is 19.8 Å². The first-order valence-electron chi connectivity index (χ1n) is 5.94. The number of rotatable bonds is 4. The topological polar surface area (TPSA) is 99.5 Å². The molecule has 104 valence electrons. The van der Waals surface area contributed by atoms with Gasteiger partial charge < -0.3 is 5.43 Å². The largest absolute Gasteiger partial charge is 0.308 e. The van der Waals surface area contributed by atoms with Crippen LogP contribution in [0, 0.1) is 0 Å². The summed E-state index contributed by atoms with van der Waals surface area (Å²) < 4.78 is 3.47. The molecule has 20 heavy (non-hydrogen) atoms. The van der Waals surface area contributed by atoms with E-state index in [0.29, 0.717) is 17.4 Å². The summed E-state index contributed by atoms with van der Waals surface area (Å²) in [6, 6.07) is 0. The van der Waals surface area contributed by atoms with E-state index in [-0.39, 0.29) is 0 Å². The Balaban J connectivity index is 1.89. The summed E-state index contributed by atoms with van der Waals surface area (Å²) in [6.45, 7) is 0. The first kappa shape index (κ1) is 12.9. The highest BCUT2D eigenvalue weighted by Gasteiger charge is 2.11. The molecule has 0 aliphatic heterocycles. The highest BCUT2D eigenvalue weighted by atomic mass is 32.2. The Morgan fingerprint density at radius 1 is 1.25 bits per heavy atom. The fourth-order valence-electron chi connectivity index (χ4n) is 1.86. The van der Waals surface area contributed by atoms with Crippen molar-refractivity contribution in [3.8, 4) is 0 Å².